The normalized spacial score (nSPS) is 18.7. The lowest BCUT2D eigenvalue weighted by atomic mass is 10.1. The van der Waals surface area contributed by atoms with Crippen molar-refractivity contribution < 1.29 is 9.53 Å². The SMILES string of the molecule is CC(N)C(=O)N(Cc1ccccc1)C(C)CN1CCOCC1. The Labute approximate surface area is 133 Å². The molecular formula is C17H27N3O2. The van der Waals surface area contributed by atoms with Crippen molar-refractivity contribution in [2.45, 2.75) is 32.5 Å². The molecule has 0 saturated carbocycles. The highest BCUT2D eigenvalue weighted by Gasteiger charge is 2.25. The first-order valence-corrected chi connectivity index (χ1v) is 7.98. The molecular weight excluding hydrogens is 278 g/mol. The van der Waals surface area contributed by atoms with Crippen LogP contribution in [0.15, 0.2) is 30.3 Å². The number of ether oxygens (including phenoxy) is 1. The maximum Gasteiger partial charge on any atom is 0.239 e. The highest BCUT2D eigenvalue weighted by Crippen LogP contribution is 2.12. The second kappa shape index (κ2) is 8.27. The number of morpholine rings is 1. The van der Waals surface area contributed by atoms with E-state index in [1.165, 1.54) is 0 Å². The van der Waals surface area contributed by atoms with E-state index < -0.39 is 6.04 Å². The van der Waals surface area contributed by atoms with E-state index in [0.29, 0.717) is 6.54 Å². The summed E-state index contributed by atoms with van der Waals surface area (Å²) in [5, 5.41) is 0. The van der Waals surface area contributed by atoms with Crippen molar-refractivity contribution in [3.05, 3.63) is 35.9 Å². The molecule has 22 heavy (non-hydrogen) atoms. The molecule has 1 aromatic rings. The Morgan fingerprint density at radius 2 is 1.91 bits per heavy atom. The van der Waals surface area contributed by atoms with Gasteiger partial charge in [0.1, 0.15) is 0 Å². The number of rotatable bonds is 6. The Morgan fingerprint density at radius 3 is 2.50 bits per heavy atom. The van der Waals surface area contributed by atoms with Crippen molar-refractivity contribution >= 4 is 5.91 Å². The van der Waals surface area contributed by atoms with Crippen LogP contribution in [-0.4, -0.2) is 60.6 Å². The lowest BCUT2D eigenvalue weighted by molar-refractivity contribution is -0.135. The van der Waals surface area contributed by atoms with Gasteiger partial charge in [-0.25, -0.2) is 0 Å². The number of amides is 1. The van der Waals surface area contributed by atoms with Crippen molar-refractivity contribution in [1.29, 1.82) is 0 Å². The number of hydrogen-bond acceptors (Lipinski definition) is 4. The van der Waals surface area contributed by atoms with E-state index in [2.05, 4.69) is 11.8 Å². The minimum atomic E-state index is -0.476. The average Bonchev–Trinajstić information content (AvgIpc) is 2.53. The molecule has 122 valence electrons. The van der Waals surface area contributed by atoms with Gasteiger partial charge in [-0.3, -0.25) is 9.69 Å². The average molecular weight is 305 g/mol. The van der Waals surface area contributed by atoms with E-state index in [-0.39, 0.29) is 11.9 Å². The molecule has 1 amide bonds. The molecule has 1 aliphatic rings. The van der Waals surface area contributed by atoms with Crippen molar-refractivity contribution in [2.75, 3.05) is 32.8 Å². The number of nitrogens with zero attached hydrogens (tertiary/aromatic N) is 2. The monoisotopic (exact) mass is 305 g/mol. The summed E-state index contributed by atoms with van der Waals surface area (Å²) < 4.78 is 5.38. The molecule has 1 aromatic carbocycles. The van der Waals surface area contributed by atoms with Gasteiger partial charge in [0, 0.05) is 32.2 Å². The fraction of sp³-hybridized carbons (Fsp3) is 0.588. The fourth-order valence-corrected chi connectivity index (χ4v) is 2.75. The molecule has 0 radical (unpaired) electrons. The van der Waals surface area contributed by atoms with Crippen molar-refractivity contribution in [3.8, 4) is 0 Å². The van der Waals surface area contributed by atoms with Crippen LogP contribution >= 0.6 is 0 Å². The summed E-state index contributed by atoms with van der Waals surface area (Å²) in [6.07, 6.45) is 0. The van der Waals surface area contributed by atoms with Gasteiger partial charge in [-0.15, -0.1) is 0 Å². The van der Waals surface area contributed by atoms with Gasteiger partial charge >= 0.3 is 0 Å². The Morgan fingerprint density at radius 1 is 1.27 bits per heavy atom. The molecule has 2 N–H and O–H groups in total. The molecule has 1 aliphatic heterocycles. The minimum Gasteiger partial charge on any atom is -0.379 e. The molecule has 0 bridgehead atoms. The molecule has 0 aromatic heterocycles. The van der Waals surface area contributed by atoms with E-state index in [9.17, 15) is 4.79 Å². The second-order valence-corrected chi connectivity index (χ2v) is 6.00. The van der Waals surface area contributed by atoms with Crippen molar-refractivity contribution in [3.63, 3.8) is 0 Å². The molecule has 2 unspecified atom stereocenters. The lowest BCUT2D eigenvalue weighted by Crippen LogP contribution is -2.51. The number of carbonyl (C=O) groups is 1. The Kier molecular flexibility index (Phi) is 6.36. The summed E-state index contributed by atoms with van der Waals surface area (Å²) in [4.78, 5) is 16.7. The summed E-state index contributed by atoms with van der Waals surface area (Å²) in [5.41, 5.74) is 6.97. The maximum absolute atomic E-state index is 12.5. The third-order valence-electron chi connectivity index (χ3n) is 4.03. The molecule has 1 saturated heterocycles. The zero-order valence-electron chi connectivity index (χ0n) is 13.6. The van der Waals surface area contributed by atoms with Crippen LogP contribution in [0.2, 0.25) is 0 Å². The molecule has 0 aliphatic carbocycles. The highest BCUT2D eigenvalue weighted by atomic mass is 16.5. The van der Waals surface area contributed by atoms with Crippen LogP contribution < -0.4 is 5.73 Å². The van der Waals surface area contributed by atoms with Crippen LogP contribution in [0.1, 0.15) is 19.4 Å². The van der Waals surface area contributed by atoms with Gasteiger partial charge < -0.3 is 15.4 Å². The summed E-state index contributed by atoms with van der Waals surface area (Å²) in [7, 11) is 0. The van der Waals surface area contributed by atoms with Crippen LogP contribution in [0.5, 0.6) is 0 Å². The van der Waals surface area contributed by atoms with Crippen LogP contribution in [0.3, 0.4) is 0 Å². The van der Waals surface area contributed by atoms with Crippen LogP contribution in [0.4, 0.5) is 0 Å². The highest BCUT2D eigenvalue weighted by molar-refractivity contribution is 5.81. The van der Waals surface area contributed by atoms with Crippen LogP contribution in [0.25, 0.3) is 0 Å². The number of hydrogen-bond donors (Lipinski definition) is 1. The lowest BCUT2D eigenvalue weighted by Gasteiger charge is -2.36. The van der Waals surface area contributed by atoms with E-state index in [4.69, 9.17) is 10.5 Å². The fourth-order valence-electron chi connectivity index (χ4n) is 2.75. The zero-order valence-corrected chi connectivity index (χ0v) is 13.6. The molecule has 1 heterocycles. The van der Waals surface area contributed by atoms with Crippen molar-refractivity contribution in [2.24, 2.45) is 5.73 Å². The van der Waals surface area contributed by atoms with Gasteiger partial charge in [0.15, 0.2) is 0 Å². The summed E-state index contributed by atoms with van der Waals surface area (Å²) in [6.45, 7) is 8.70. The predicted octanol–water partition coefficient (Wildman–Crippen LogP) is 1.08. The maximum atomic E-state index is 12.5. The Bertz CT molecular complexity index is 458. The summed E-state index contributed by atoms with van der Waals surface area (Å²) in [5.74, 6) is 0.00427. The minimum absolute atomic E-state index is 0.00427. The van der Waals surface area contributed by atoms with E-state index in [1.54, 1.807) is 6.92 Å². The molecule has 5 heteroatoms. The molecule has 2 rings (SSSR count). The first-order valence-electron chi connectivity index (χ1n) is 7.98. The topological polar surface area (TPSA) is 58.8 Å². The predicted molar refractivity (Wildman–Crippen MR) is 87.4 cm³/mol. The standard InChI is InChI=1S/C17H27N3O2/c1-14(12-19-8-10-22-11-9-19)20(17(21)15(2)18)13-16-6-4-3-5-7-16/h3-7,14-15H,8-13,18H2,1-2H3. The number of carbonyl (C=O) groups excluding carboxylic acids is 1. The molecule has 5 nitrogen and oxygen atoms in total. The van der Waals surface area contributed by atoms with Crippen molar-refractivity contribution in [1.82, 2.24) is 9.80 Å². The first-order chi connectivity index (χ1) is 10.6. The third-order valence-corrected chi connectivity index (χ3v) is 4.03. The van der Waals surface area contributed by atoms with Crippen LogP contribution in [-0.2, 0) is 16.1 Å². The Balaban J connectivity index is 2.04. The van der Waals surface area contributed by atoms with Crippen LogP contribution in [0, 0.1) is 0 Å². The first kappa shape index (κ1) is 16.9. The molecule has 0 spiro atoms. The summed E-state index contributed by atoms with van der Waals surface area (Å²) in [6, 6.07) is 9.71. The van der Waals surface area contributed by atoms with E-state index in [1.807, 2.05) is 35.2 Å². The van der Waals surface area contributed by atoms with Gasteiger partial charge in [0.2, 0.25) is 5.91 Å². The quantitative estimate of drug-likeness (QED) is 0.854. The van der Waals surface area contributed by atoms with Gasteiger partial charge in [-0.05, 0) is 19.4 Å². The number of benzene rings is 1. The van der Waals surface area contributed by atoms with Gasteiger partial charge in [0.05, 0.1) is 19.3 Å². The third kappa shape index (κ3) is 4.80. The number of nitrogens with two attached hydrogens (primary N) is 1. The van der Waals surface area contributed by atoms with Gasteiger partial charge in [0.25, 0.3) is 0 Å². The van der Waals surface area contributed by atoms with Gasteiger partial charge in [-0.2, -0.15) is 0 Å². The second-order valence-electron chi connectivity index (χ2n) is 6.00. The van der Waals surface area contributed by atoms with E-state index in [0.717, 1.165) is 38.4 Å². The smallest absolute Gasteiger partial charge is 0.239 e. The zero-order chi connectivity index (χ0) is 15.9. The van der Waals surface area contributed by atoms with Gasteiger partial charge in [-0.1, -0.05) is 30.3 Å². The molecule has 1 fully saturated rings. The largest absolute Gasteiger partial charge is 0.379 e. The van der Waals surface area contributed by atoms with E-state index >= 15 is 0 Å². The Hall–Kier alpha value is -1.43. The summed E-state index contributed by atoms with van der Waals surface area (Å²) >= 11 is 0. The molecule has 2 atom stereocenters.